The van der Waals surface area contributed by atoms with E-state index in [1.165, 1.54) is 35.9 Å². The molecule has 2 aromatic rings. The van der Waals surface area contributed by atoms with E-state index >= 15 is 0 Å². The topological polar surface area (TPSA) is 82.5 Å². The Morgan fingerprint density at radius 2 is 2.06 bits per heavy atom. The maximum absolute atomic E-state index is 13.2. The molecule has 2 N–H and O–H groups in total. The zero-order chi connectivity index (χ0) is 22.6. The van der Waals surface area contributed by atoms with Gasteiger partial charge in [0.05, 0.1) is 15.8 Å². The second-order valence-electron chi connectivity index (χ2n) is 8.58. The highest BCUT2D eigenvalue weighted by Gasteiger charge is 2.28. The Hall–Kier alpha value is -1.58. The molecule has 6 nitrogen and oxygen atoms in total. The van der Waals surface area contributed by atoms with Crippen LogP contribution in [0, 0.1) is 18.3 Å². The summed E-state index contributed by atoms with van der Waals surface area (Å²) < 4.78 is 1.87. The number of aliphatic carboxylic acids is 1. The Labute approximate surface area is 200 Å². The SMILES string of the molecule is Cc1cc(Br)ccc1N(CC1CCCC1)C(=O)Nc1ncc(SCC(C)(C)C(=O)O)s1. The lowest BCUT2D eigenvalue weighted by Gasteiger charge is -2.27. The molecule has 1 saturated carbocycles. The number of benzene rings is 1. The summed E-state index contributed by atoms with van der Waals surface area (Å²) in [7, 11) is 0. The number of anilines is 2. The fraction of sp³-hybridized carbons (Fsp3) is 0.500. The number of thiazole rings is 1. The van der Waals surface area contributed by atoms with Crippen molar-refractivity contribution < 1.29 is 14.7 Å². The van der Waals surface area contributed by atoms with Crippen molar-refractivity contribution in [3.8, 4) is 0 Å². The van der Waals surface area contributed by atoms with Crippen molar-refractivity contribution in [2.75, 3.05) is 22.5 Å². The maximum atomic E-state index is 13.2. The van der Waals surface area contributed by atoms with Crippen LogP contribution in [-0.2, 0) is 4.79 Å². The normalized spacial score (nSPS) is 14.6. The van der Waals surface area contributed by atoms with Crippen LogP contribution < -0.4 is 10.2 Å². The molecule has 0 atom stereocenters. The molecule has 0 radical (unpaired) electrons. The highest BCUT2D eigenvalue weighted by molar-refractivity contribution is 9.10. The first-order valence-corrected chi connectivity index (χ1v) is 12.9. The van der Waals surface area contributed by atoms with E-state index in [1.807, 2.05) is 30.0 Å². The number of urea groups is 1. The lowest BCUT2D eigenvalue weighted by Crippen LogP contribution is -2.38. The van der Waals surface area contributed by atoms with Crippen LogP contribution in [0.15, 0.2) is 33.1 Å². The van der Waals surface area contributed by atoms with Gasteiger partial charge in [-0.15, -0.1) is 11.8 Å². The number of aryl methyl sites for hydroxylation is 1. The molecule has 0 bridgehead atoms. The number of carboxylic acids is 1. The predicted octanol–water partition coefficient (Wildman–Crippen LogP) is 6.65. The first kappa shape index (κ1) is 24.1. The largest absolute Gasteiger partial charge is 0.481 e. The molecule has 1 heterocycles. The van der Waals surface area contributed by atoms with Crippen LogP contribution in [-0.4, -0.2) is 34.4 Å². The summed E-state index contributed by atoms with van der Waals surface area (Å²) in [6.45, 7) is 6.10. The molecule has 0 spiro atoms. The number of carboxylic acid groups (broad SMARTS) is 1. The van der Waals surface area contributed by atoms with Gasteiger partial charge < -0.3 is 5.11 Å². The molecule has 1 aliphatic rings. The number of hydrogen-bond acceptors (Lipinski definition) is 5. The van der Waals surface area contributed by atoms with Crippen molar-refractivity contribution in [1.82, 2.24) is 4.98 Å². The number of carbonyl (C=O) groups is 2. The van der Waals surface area contributed by atoms with Gasteiger partial charge in [0.15, 0.2) is 5.13 Å². The average molecular weight is 527 g/mol. The first-order chi connectivity index (χ1) is 14.7. The maximum Gasteiger partial charge on any atom is 0.328 e. The molecule has 1 fully saturated rings. The van der Waals surface area contributed by atoms with Gasteiger partial charge in [-0.1, -0.05) is 40.1 Å². The second-order valence-corrected chi connectivity index (χ2v) is 11.8. The number of nitrogens with one attached hydrogen (secondary N) is 1. The summed E-state index contributed by atoms with van der Waals surface area (Å²) in [5, 5.41) is 12.7. The van der Waals surface area contributed by atoms with Crippen LogP contribution in [0.2, 0.25) is 0 Å². The molecule has 0 aliphatic heterocycles. The Morgan fingerprint density at radius 3 is 2.71 bits per heavy atom. The average Bonchev–Trinajstić information content (AvgIpc) is 3.37. The van der Waals surface area contributed by atoms with Gasteiger partial charge in [-0.2, -0.15) is 0 Å². The van der Waals surface area contributed by atoms with E-state index in [0.29, 0.717) is 23.3 Å². The van der Waals surface area contributed by atoms with E-state index in [9.17, 15) is 14.7 Å². The number of thioether (sulfide) groups is 1. The number of hydrogen-bond donors (Lipinski definition) is 2. The van der Waals surface area contributed by atoms with E-state index in [4.69, 9.17) is 0 Å². The third-order valence-corrected chi connectivity index (χ3v) is 8.52. The summed E-state index contributed by atoms with van der Waals surface area (Å²) in [4.78, 5) is 30.7. The van der Waals surface area contributed by atoms with E-state index in [0.717, 1.165) is 32.8 Å². The number of rotatable bonds is 8. The van der Waals surface area contributed by atoms with Gasteiger partial charge in [-0.3, -0.25) is 15.0 Å². The zero-order valence-corrected chi connectivity index (χ0v) is 21.2. The van der Waals surface area contributed by atoms with Gasteiger partial charge in [0.1, 0.15) is 0 Å². The molecule has 0 unspecified atom stereocenters. The standard InChI is InChI=1S/C22H28BrN3O3S2/c1-14-10-16(23)8-9-17(14)26(12-15-6-4-5-7-15)21(29)25-20-24-11-18(31-20)30-13-22(2,3)19(27)28/h8-11,15H,4-7,12-13H2,1-3H3,(H,27,28)(H,24,25,29). The van der Waals surface area contributed by atoms with Gasteiger partial charge in [0.2, 0.25) is 0 Å². The molecule has 1 aromatic heterocycles. The smallest absolute Gasteiger partial charge is 0.328 e. The van der Waals surface area contributed by atoms with Crippen molar-refractivity contribution in [3.05, 3.63) is 34.4 Å². The van der Waals surface area contributed by atoms with Crippen LogP contribution in [0.25, 0.3) is 0 Å². The van der Waals surface area contributed by atoms with Crippen LogP contribution >= 0.6 is 39.0 Å². The van der Waals surface area contributed by atoms with Crippen molar-refractivity contribution in [2.24, 2.45) is 11.3 Å². The summed E-state index contributed by atoms with van der Waals surface area (Å²) in [6.07, 6.45) is 6.43. The molecule has 168 valence electrons. The number of carbonyl (C=O) groups excluding carboxylic acids is 1. The van der Waals surface area contributed by atoms with E-state index in [1.54, 1.807) is 20.0 Å². The summed E-state index contributed by atoms with van der Waals surface area (Å²) in [5.74, 6) is 0.115. The Morgan fingerprint density at radius 1 is 1.35 bits per heavy atom. The minimum atomic E-state index is -0.828. The fourth-order valence-corrected chi connectivity index (χ4v) is 5.94. The van der Waals surface area contributed by atoms with Crippen molar-refractivity contribution >= 4 is 61.8 Å². The van der Waals surface area contributed by atoms with E-state index < -0.39 is 11.4 Å². The van der Waals surface area contributed by atoms with Gasteiger partial charge >= 0.3 is 12.0 Å². The monoisotopic (exact) mass is 525 g/mol. The van der Waals surface area contributed by atoms with Crippen LogP contribution in [0.4, 0.5) is 15.6 Å². The third-order valence-electron chi connectivity index (χ3n) is 5.46. The van der Waals surface area contributed by atoms with Gasteiger partial charge in [0.25, 0.3) is 0 Å². The van der Waals surface area contributed by atoms with Crippen LogP contribution in [0.3, 0.4) is 0 Å². The number of aromatic nitrogens is 1. The summed E-state index contributed by atoms with van der Waals surface area (Å²) >= 11 is 6.31. The van der Waals surface area contributed by atoms with E-state index in [-0.39, 0.29) is 6.03 Å². The Balaban J connectivity index is 1.71. The van der Waals surface area contributed by atoms with Gasteiger partial charge in [-0.25, -0.2) is 9.78 Å². The molecule has 1 aromatic carbocycles. The lowest BCUT2D eigenvalue weighted by molar-refractivity contribution is -0.145. The molecule has 0 saturated heterocycles. The van der Waals surface area contributed by atoms with Gasteiger partial charge in [-0.05, 0) is 63.3 Å². The van der Waals surface area contributed by atoms with Crippen molar-refractivity contribution in [3.63, 3.8) is 0 Å². The number of halogens is 1. The van der Waals surface area contributed by atoms with Crippen LogP contribution in [0.1, 0.15) is 45.1 Å². The molecule has 3 rings (SSSR count). The van der Waals surface area contributed by atoms with Crippen molar-refractivity contribution in [2.45, 2.75) is 50.7 Å². The van der Waals surface area contributed by atoms with Gasteiger partial charge in [0, 0.05) is 22.5 Å². The molecule has 1 aliphatic carbocycles. The quantitative estimate of drug-likeness (QED) is 0.377. The highest BCUT2D eigenvalue weighted by atomic mass is 79.9. The summed E-state index contributed by atoms with van der Waals surface area (Å²) in [6, 6.07) is 5.77. The first-order valence-electron chi connectivity index (χ1n) is 10.3. The minimum absolute atomic E-state index is 0.186. The number of amides is 2. The molecule has 31 heavy (non-hydrogen) atoms. The summed E-state index contributed by atoms with van der Waals surface area (Å²) in [5.41, 5.74) is 1.12. The molecule has 2 amide bonds. The molecular weight excluding hydrogens is 498 g/mol. The van der Waals surface area contributed by atoms with E-state index in [2.05, 4.69) is 26.2 Å². The number of nitrogens with zero attached hydrogens (tertiary/aromatic N) is 2. The highest BCUT2D eigenvalue weighted by Crippen LogP contribution is 2.34. The Bertz CT molecular complexity index is 942. The molecule has 9 heteroatoms. The second kappa shape index (κ2) is 10.4. The predicted molar refractivity (Wildman–Crippen MR) is 131 cm³/mol. The molecular formula is C22H28BrN3O3S2. The Kier molecular flexibility index (Phi) is 8.04. The third kappa shape index (κ3) is 6.46. The zero-order valence-electron chi connectivity index (χ0n) is 18.0. The lowest BCUT2D eigenvalue weighted by atomic mass is 9.97. The minimum Gasteiger partial charge on any atom is -0.481 e. The van der Waals surface area contributed by atoms with Crippen LogP contribution in [0.5, 0.6) is 0 Å². The fourth-order valence-electron chi connectivity index (χ4n) is 3.52. The van der Waals surface area contributed by atoms with Crippen molar-refractivity contribution in [1.29, 1.82) is 0 Å².